The molecule has 0 spiro atoms. The van der Waals surface area contributed by atoms with Crippen molar-refractivity contribution >= 4 is 46.5 Å². The summed E-state index contributed by atoms with van der Waals surface area (Å²) >= 11 is 12.1. The smallest absolute Gasteiger partial charge is 0.251 e. The van der Waals surface area contributed by atoms with E-state index >= 15 is 0 Å². The van der Waals surface area contributed by atoms with Crippen molar-refractivity contribution in [1.82, 2.24) is 10.3 Å². The van der Waals surface area contributed by atoms with Gasteiger partial charge in [0.05, 0.1) is 22.8 Å². The molecular weight excluding hydrogens is 477 g/mol. The first kappa shape index (κ1) is 23.7. The van der Waals surface area contributed by atoms with Crippen molar-refractivity contribution in [3.05, 3.63) is 87.0 Å². The van der Waals surface area contributed by atoms with Gasteiger partial charge in [0, 0.05) is 37.0 Å². The summed E-state index contributed by atoms with van der Waals surface area (Å²) in [6.45, 7) is 0.263. The second-order valence-corrected chi connectivity index (χ2v) is 8.70. The Bertz CT molecular complexity index is 1280. The summed E-state index contributed by atoms with van der Waals surface area (Å²) in [5.74, 6) is -1.42. The molecule has 0 bridgehead atoms. The van der Waals surface area contributed by atoms with Crippen molar-refractivity contribution in [1.29, 1.82) is 0 Å². The van der Waals surface area contributed by atoms with Crippen molar-refractivity contribution in [2.24, 2.45) is 5.92 Å². The van der Waals surface area contributed by atoms with Crippen LogP contribution in [-0.4, -0.2) is 36.7 Å². The number of pyridine rings is 1. The number of hydrogen-bond donors (Lipinski definition) is 1. The van der Waals surface area contributed by atoms with Crippen LogP contribution in [-0.2, 0) is 17.8 Å². The van der Waals surface area contributed by atoms with E-state index in [9.17, 15) is 14.4 Å². The number of aromatic nitrogens is 1. The van der Waals surface area contributed by atoms with Gasteiger partial charge in [-0.1, -0.05) is 35.3 Å². The lowest BCUT2D eigenvalue weighted by Crippen LogP contribution is -2.43. The fraction of sp³-hybridized carbons (Fsp3) is 0.200. The number of anilines is 1. The Morgan fingerprint density at radius 2 is 1.82 bits per heavy atom. The Kier molecular flexibility index (Phi) is 6.86. The Hall–Kier alpha value is -3.42. The highest BCUT2D eigenvalue weighted by molar-refractivity contribution is 6.42. The number of amides is 2. The monoisotopic (exact) mass is 497 g/mol. The van der Waals surface area contributed by atoms with Gasteiger partial charge in [-0.3, -0.25) is 14.4 Å². The topological polar surface area (TPSA) is 88.6 Å². The maximum Gasteiger partial charge on any atom is 0.251 e. The Balaban J connectivity index is 1.53. The third-order valence-electron chi connectivity index (χ3n) is 5.71. The molecule has 0 saturated heterocycles. The number of nitrogens with one attached hydrogen (secondary N) is 1. The van der Waals surface area contributed by atoms with Gasteiger partial charge in [0.15, 0.2) is 5.78 Å². The summed E-state index contributed by atoms with van der Waals surface area (Å²) in [7, 11) is 3.15. The average molecular weight is 498 g/mol. The highest BCUT2D eigenvalue weighted by Crippen LogP contribution is 2.33. The van der Waals surface area contributed by atoms with E-state index < -0.39 is 5.92 Å². The summed E-state index contributed by atoms with van der Waals surface area (Å²) in [6.07, 6.45) is 1.79. The fourth-order valence-electron chi connectivity index (χ4n) is 3.82. The van der Waals surface area contributed by atoms with Crippen LogP contribution in [0, 0.1) is 5.92 Å². The molecule has 34 heavy (non-hydrogen) atoms. The van der Waals surface area contributed by atoms with Gasteiger partial charge in [0.25, 0.3) is 5.91 Å². The number of ketones is 1. The fourth-order valence-corrected chi connectivity index (χ4v) is 4.14. The van der Waals surface area contributed by atoms with E-state index in [1.54, 1.807) is 55.7 Å². The number of benzene rings is 2. The second-order valence-electron chi connectivity index (χ2n) is 7.89. The highest BCUT2D eigenvalue weighted by atomic mass is 35.5. The van der Waals surface area contributed by atoms with Crippen molar-refractivity contribution in [3.63, 3.8) is 0 Å². The van der Waals surface area contributed by atoms with Crippen LogP contribution in [0.1, 0.15) is 31.8 Å². The molecule has 1 aliphatic heterocycles. The minimum atomic E-state index is -0.918. The number of rotatable bonds is 6. The SMILES string of the molecule is COc1ccc(CNC(=O)c2ccc3c(c2)C(=O)C(Cc2ccc(Cl)c(Cl)c2)C(=O)N3C)cn1. The van der Waals surface area contributed by atoms with Gasteiger partial charge < -0.3 is 15.0 Å². The minimum absolute atomic E-state index is 0.180. The molecular formula is C25H21Cl2N3O4. The molecule has 1 unspecified atom stereocenters. The lowest BCUT2D eigenvalue weighted by atomic mass is 9.85. The molecule has 0 fully saturated rings. The number of carbonyl (C=O) groups is 3. The molecule has 0 saturated carbocycles. The third-order valence-corrected chi connectivity index (χ3v) is 6.45. The number of nitrogens with zero attached hydrogens (tertiary/aromatic N) is 2. The first-order valence-electron chi connectivity index (χ1n) is 10.5. The van der Waals surface area contributed by atoms with Crippen LogP contribution in [0.2, 0.25) is 10.0 Å². The Morgan fingerprint density at radius 1 is 1.06 bits per heavy atom. The lowest BCUT2D eigenvalue weighted by Gasteiger charge is -2.31. The first-order valence-corrected chi connectivity index (χ1v) is 11.2. The van der Waals surface area contributed by atoms with Crippen LogP contribution in [0.4, 0.5) is 5.69 Å². The second kappa shape index (κ2) is 9.83. The maximum absolute atomic E-state index is 13.3. The molecule has 7 nitrogen and oxygen atoms in total. The van der Waals surface area contributed by atoms with Crippen molar-refractivity contribution in [3.8, 4) is 5.88 Å². The van der Waals surface area contributed by atoms with E-state index in [-0.39, 0.29) is 30.6 Å². The highest BCUT2D eigenvalue weighted by Gasteiger charge is 2.38. The molecule has 1 N–H and O–H groups in total. The summed E-state index contributed by atoms with van der Waals surface area (Å²) in [4.78, 5) is 44.5. The van der Waals surface area contributed by atoms with Crippen molar-refractivity contribution in [2.75, 3.05) is 19.1 Å². The molecule has 2 aromatic carbocycles. The standard InChI is InChI=1S/C25H21Cl2N3O4/c1-30-21-7-5-16(24(32)29-13-15-4-8-22(34-2)28-12-15)11-17(21)23(31)18(25(30)33)9-14-3-6-19(26)20(27)10-14/h3-8,10-12,18H,9,13H2,1-2H3,(H,29,32). The first-order chi connectivity index (χ1) is 16.3. The molecule has 4 rings (SSSR count). The number of ether oxygens (including phenoxy) is 1. The van der Waals surface area contributed by atoms with Gasteiger partial charge in [-0.25, -0.2) is 4.98 Å². The van der Waals surface area contributed by atoms with E-state index in [4.69, 9.17) is 27.9 Å². The Labute approximate surface area is 206 Å². The summed E-state index contributed by atoms with van der Waals surface area (Å²) < 4.78 is 5.03. The van der Waals surface area contributed by atoms with Gasteiger partial charge in [-0.05, 0) is 47.9 Å². The number of methoxy groups -OCH3 is 1. The van der Waals surface area contributed by atoms with Gasteiger partial charge in [0.1, 0.15) is 5.92 Å². The number of halogens is 2. The predicted molar refractivity (Wildman–Crippen MR) is 130 cm³/mol. The molecule has 174 valence electrons. The summed E-state index contributed by atoms with van der Waals surface area (Å²) in [6, 6.07) is 13.3. The molecule has 1 aromatic heterocycles. The number of fused-ring (bicyclic) bond motifs is 1. The van der Waals surface area contributed by atoms with E-state index in [2.05, 4.69) is 10.3 Å². The summed E-state index contributed by atoms with van der Waals surface area (Å²) in [5, 5.41) is 3.57. The van der Waals surface area contributed by atoms with Crippen LogP contribution in [0.15, 0.2) is 54.7 Å². The molecule has 1 atom stereocenters. The normalized spacial score (nSPS) is 15.2. The summed E-state index contributed by atoms with van der Waals surface area (Å²) in [5.41, 5.74) is 2.64. The molecule has 2 heterocycles. The van der Waals surface area contributed by atoms with Gasteiger partial charge >= 0.3 is 0 Å². The quantitative estimate of drug-likeness (QED) is 0.511. The van der Waals surface area contributed by atoms with Gasteiger partial charge in [-0.2, -0.15) is 0 Å². The molecule has 1 aliphatic rings. The van der Waals surface area contributed by atoms with Gasteiger partial charge in [-0.15, -0.1) is 0 Å². The zero-order valence-electron chi connectivity index (χ0n) is 18.5. The van der Waals surface area contributed by atoms with Crippen LogP contribution < -0.4 is 15.0 Å². The lowest BCUT2D eigenvalue weighted by molar-refractivity contribution is -0.120. The van der Waals surface area contributed by atoms with E-state index in [0.29, 0.717) is 32.7 Å². The zero-order chi connectivity index (χ0) is 24.4. The molecule has 3 aromatic rings. The largest absolute Gasteiger partial charge is 0.481 e. The molecule has 0 aliphatic carbocycles. The number of hydrogen-bond acceptors (Lipinski definition) is 5. The third kappa shape index (κ3) is 4.76. The van der Waals surface area contributed by atoms with Crippen LogP contribution in [0.25, 0.3) is 0 Å². The molecule has 9 heteroatoms. The average Bonchev–Trinajstić information content (AvgIpc) is 2.85. The molecule has 0 radical (unpaired) electrons. The van der Waals surface area contributed by atoms with Crippen LogP contribution in [0.3, 0.4) is 0 Å². The predicted octanol–water partition coefficient (Wildman–Crippen LogP) is 4.35. The van der Waals surface area contributed by atoms with Crippen LogP contribution >= 0.6 is 23.2 Å². The van der Waals surface area contributed by atoms with Gasteiger partial charge in [0.2, 0.25) is 11.8 Å². The van der Waals surface area contributed by atoms with Crippen molar-refractivity contribution in [2.45, 2.75) is 13.0 Å². The number of carbonyl (C=O) groups excluding carboxylic acids is 3. The van der Waals surface area contributed by atoms with E-state index in [1.165, 1.54) is 18.1 Å². The minimum Gasteiger partial charge on any atom is -0.481 e. The Morgan fingerprint density at radius 3 is 2.50 bits per heavy atom. The van der Waals surface area contributed by atoms with Crippen molar-refractivity contribution < 1.29 is 19.1 Å². The zero-order valence-corrected chi connectivity index (χ0v) is 20.0. The van der Waals surface area contributed by atoms with E-state index in [1.807, 2.05) is 0 Å². The molecule has 2 amide bonds. The van der Waals surface area contributed by atoms with E-state index in [0.717, 1.165) is 11.1 Å². The van der Waals surface area contributed by atoms with Crippen LogP contribution in [0.5, 0.6) is 5.88 Å². The maximum atomic E-state index is 13.3. The number of Topliss-reactive ketones (excluding diaryl/α,β-unsaturated/α-hetero) is 1.